The molecular weight excluding hydrogens is 374 g/mol. The van der Waals surface area contributed by atoms with Gasteiger partial charge in [-0.15, -0.1) is 0 Å². The molecule has 0 spiro atoms. The molecule has 2 aromatic carbocycles. The molecular formula is C25H25N3O2. The molecule has 4 rings (SSSR count). The van der Waals surface area contributed by atoms with Crippen LogP contribution in [-0.4, -0.2) is 34.3 Å². The Labute approximate surface area is 177 Å². The predicted octanol–water partition coefficient (Wildman–Crippen LogP) is 4.34. The third-order valence-corrected chi connectivity index (χ3v) is 5.54. The van der Waals surface area contributed by atoms with Gasteiger partial charge in [0.1, 0.15) is 5.69 Å². The summed E-state index contributed by atoms with van der Waals surface area (Å²) in [6, 6.07) is 21.2. The van der Waals surface area contributed by atoms with Crippen molar-refractivity contribution in [3.8, 4) is 0 Å². The molecule has 30 heavy (non-hydrogen) atoms. The number of hydrogen-bond acceptors (Lipinski definition) is 3. The second kappa shape index (κ2) is 8.49. The number of hydrogen-bond donors (Lipinski definition) is 0. The highest BCUT2D eigenvalue weighted by Gasteiger charge is 2.31. The largest absolute Gasteiger partial charge is 0.333 e. The van der Waals surface area contributed by atoms with Gasteiger partial charge in [-0.25, -0.2) is 0 Å². The highest BCUT2D eigenvalue weighted by Crippen LogP contribution is 2.33. The fraction of sp³-hybridized carbons (Fsp3) is 0.240. The highest BCUT2D eigenvalue weighted by molar-refractivity contribution is 6.08. The van der Waals surface area contributed by atoms with Crippen molar-refractivity contribution in [3.05, 3.63) is 95.3 Å². The first kappa shape index (κ1) is 19.8. The number of fused-ring (bicyclic) bond motifs is 1. The zero-order valence-electron chi connectivity index (χ0n) is 17.3. The van der Waals surface area contributed by atoms with Gasteiger partial charge < -0.3 is 9.80 Å². The summed E-state index contributed by atoms with van der Waals surface area (Å²) in [7, 11) is 0. The fourth-order valence-corrected chi connectivity index (χ4v) is 3.99. The van der Waals surface area contributed by atoms with Crippen molar-refractivity contribution < 1.29 is 9.59 Å². The van der Waals surface area contributed by atoms with Gasteiger partial charge in [0.25, 0.3) is 11.8 Å². The molecule has 0 N–H and O–H groups in total. The molecule has 3 aromatic rings. The van der Waals surface area contributed by atoms with E-state index in [9.17, 15) is 9.59 Å². The van der Waals surface area contributed by atoms with E-state index in [0.29, 0.717) is 24.3 Å². The summed E-state index contributed by atoms with van der Waals surface area (Å²) in [5.74, 6) is -0.277. The molecule has 1 aliphatic heterocycles. The summed E-state index contributed by atoms with van der Waals surface area (Å²) in [4.78, 5) is 34.2. The number of carbonyl (C=O) groups is 2. The van der Waals surface area contributed by atoms with Crippen molar-refractivity contribution in [2.45, 2.75) is 32.9 Å². The minimum absolute atomic E-state index is 0.0763. The van der Waals surface area contributed by atoms with Crippen LogP contribution in [0.25, 0.3) is 0 Å². The molecule has 1 atom stereocenters. The highest BCUT2D eigenvalue weighted by atomic mass is 16.2. The van der Waals surface area contributed by atoms with Crippen LogP contribution in [0.15, 0.2) is 72.9 Å². The van der Waals surface area contributed by atoms with E-state index in [1.165, 1.54) is 5.56 Å². The lowest BCUT2D eigenvalue weighted by Gasteiger charge is -2.23. The Morgan fingerprint density at radius 3 is 2.57 bits per heavy atom. The lowest BCUT2D eigenvalue weighted by atomic mass is 10.1. The Morgan fingerprint density at radius 1 is 1.07 bits per heavy atom. The molecule has 5 heteroatoms. The van der Waals surface area contributed by atoms with Crippen LogP contribution in [0.4, 0.5) is 5.69 Å². The topological polar surface area (TPSA) is 53.5 Å². The van der Waals surface area contributed by atoms with Crippen LogP contribution in [0.1, 0.15) is 45.8 Å². The third kappa shape index (κ3) is 3.83. The summed E-state index contributed by atoms with van der Waals surface area (Å²) in [6.07, 6.45) is 2.38. The SMILES string of the molecule is CCN(Cc1ccccc1)C(=O)c1cc(C(=O)N2c3ccccc3CC2C)ccn1. The van der Waals surface area contributed by atoms with Gasteiger partial charge in [0.15, 0.2) is 0 Å². The summed E-state index contributed by atoms with van der Waals surface area (Å²) in [5.41, 5.74) is 3.94. The van der Waals surface area contributed by atoms with Gasteiger partial charge in [-0.05, 0) is 49.6 Å². The second-order valence-corrected chi connectivity index (χ2v) is 7.59. The molecule has 2 heterocycles. The number of nitrogens with zero attached hydrogens (tertiary/aromatic N) is 3. The normalized spacial score (nSPS) is 15.0. The number of carbonyl (C=O) groups excluding carboxylic acids is 2. The van der Waals surface area contributed by atoms with E-state index in [0.717, 1.165) is 17.7 Å². The number of amides is 2. The zero-order valence-corrected chi connectivity index (χ0v) is 17.3. The molecule has 0 bridgehead atoms. The summed E-state index contributed by atoms with van der Waals surface area (Å²) in [6.45, 7) is 5.05. The quantitative estimate of drug-likeness (QED) is 0.641. The van der Waals surface area contributed by atoms with Gasteiger partial charge in [-0.3, -0.25) is 14.6 Å². The van der Waals surface area contributed by atoms with Crippen LogP contribution in [0.3, 0.4) is 0 Å². The van der Waals surface area contributed by atoms with Gasteiger partial charge in [-0.1, -0.05) is 48.5 Å². The molecule has 1 aliphatic rings. The molecule has 2 amide bonds. The van der Waals surface area contributed by atoms with Gasteiger partial charge in [0.2, 0.25) is 0 Å². The number of rotatable bonds is 5. The van der Waals surface area contributed by atoms with Crippen LogP contribution in [0.2, 0.25) is 0 Å². The van der Waals surface area contributed by atoms with Crippen molar-refractivity contribution in [2.75, 3.05) is 11.4 Å². The molecule has 0 radical (unpaired) electrons. The standard InChI is InChI=1S/C25H25N3O2/c1-3-27(17-19-9-5-4-6-10-19)25(30)22-16-21(13-14-26-22)24(29)28-18(2)15-20-11-7-8-12-23(20)28/h4-14,16,18H,3,15,17H2,1-2H3. The fourth-order valence-electron chi connectivity index (χ4n) is 3.99. The molecule has 0 saturated heterocycles. The molecule has 0 fully saturated rings. The Hall–Kier alpha value is -3.47. The molecule has 1 aromatic heterocycles. The Morgan fingerprint density at radius 2 is 1.80 bits per heavy atom. The van der Waals surface area contributed by atoms with E-state index in [1.807, 2.05) is 67.3 Å². The van der Waals surface area contributed by atoms with Gasteiger partial charge >= 0.3 is 0 Å². The molecule has 5 nitrogen and oxygen atoms in total. The maximum absolute atomic E-state index is 13.3. The second-order valence-electron chi connectivity index (χ2n) is 7.59. The maximum Gasteiger partial charge on any atom is 0.272 e. The van der Waals surface area contributed by atoms with Gasteiger partial charge in [0.05, 0.1) is 0 Å². The first-order chi connectivity index (χ1) is 14.6. The maximum atomic E-state index is 13.3. The average Bonchev–Trinajstić information content (AvgIpc) is 3.13. The third-order valence-electron chi connectivity index (χ3n) is 5.54. The van der Waals surface area contributed by atoms with Crippen LogP contribution in [0.5, 0.6) is 0 Å². The number of aromatic nitrogens is 1. The molecule has 152 valence electrons. The molecule has 0 aliphatic carbocycles. The van der Waals surface area contributed by atoms with E-state index in [4.69, 9.17) is 0 Å². The van der Waals surface area contributed by atoms with E-state index in [1.54, 1.807) is 23.2 Å². The van der Waals surface area contributed by atoms with Crippen molar-refractivity contribution in [3.63, 3.8) is 0 Å². The van der Waals surface area contributed by atoms with Crippen molar-refractivity contribution in [1.29, 1.82) is 0 Å². The van der Waals surface area contributed by atoms with Gasteiger partial charge in [0, 0.05) is 36.6 Å². The van der Waals surface area contributed by atoms with Crippen molar-refractivity contribution in [2.24, 2.45) is 0 Å². The first-order valence-corrected chi connectivity index (χ1v) is 10.3. The van der Waals surface area contributed by atoms with E-state index in [2.05, 4.69) is 11.1 Å². The number of benzene rings is 2. The van der Waals surface area contributed by atoms with E-state index >= 15 is 0 Å². The summed E-state index contributed by atoms with van der Waals surface area (Å²) < 4.78 is 0. The lowest BCUT2D eigenvalue weighted by Crippen LogP contribution is -2.36. The summed E-state index contributed by atoms with van der Waals surface area (Å²) in [5, 5.41) is 0. The molecule has 0 saturated carbocycles. The molecule has 1 unspecified atom stereocenters. The van der Waals surface area contributed by atoms with E-state index < -0.39 is 0 Å². The lowest BCUT2D eigenvalue weighted by molar-refractivity contribution is 0.0746. The van der Waals surface area contributed by atoms with Crippen molar-refractivity contribution in [1.82, 2.24) is 9.88 Å². The van der Waals surface area contributed by atoms with E-state index in [-0.39, 0.29) is 17.9 Å². The summed E-state index contributed by atoms with van der Waals surface area (Å²) >= 11 is 0. The van der Waals surface area contributed by atoms with Crippen LogP contribution in [-0.2, 0) is 13.0 Å². The Balaban J connectivity index is 1.58. The number of pyridine rings is 1. The average molecular weight is 399 g/mol. The number of anilines is 1. The van der Waals surface area contributed by atoms with Crippen LogP contribution in [0, 0.1) is 0 Å². The van der Waals surface area contributed by atoms with Crippen LogP contribution >= 0.6 is 0 Å². The van der Waals surface area contributed by atoms with Crippen molar-refractivity contribution >= 4 is 17.5 Å². The predicted molar refractivity (Wildman–Crippen MR) is 118 cm³/mol. The zero-order chi connectivity index (χ0) is 21.1. The number of para-hydroxylation sites is 1. The first-order valence-electron chi connectivity index (χ1n) is 10.3. The Kier molecular flexibility index (Phi) is 5.61. The Bertz CT molecular complexity index is 1060. The minimum atomic E-state index is -0.175. The van der Waals surface area contributed by atoms with Gasteiger partial charge in [-0.2, -0.15) is 0 Å². The van der Waals surface area contributed by atoms with Crippen LogP contribution < -0.4 is 4.90 Å². The minimum Gasteiger partial charge on any atom is -0.333 e. The monoisotopic (exact) mass is 399 g/mol. The smallest absolute Gasteiger partial charge is 0.272 e.